The van der Waals surface area contributed by atoms with Gasteiger partial charge in [-0.3, -0.25) is 10.4 Å². The number of hydrogen-bond acceptors (Lipinski definition) is 5. The van der Waals surface area contributed by atoms with Gasteiger partial charge in [-0.2, -0.15) is 5.10 Å². The Labute approximate surface area is 107 Å². The lowest BCUT2D eigenvalue weighted by Crippen LogP contribution is -2.24. The number of amidine groups is 1. The van der Waals surface area contributed by atoms with Crippen molar-refractivity contribution in [1.29, 1.82) is 0 Å². The van der Waals surface area contributed by atoms with Gasteiger partial charge in [0.15, 0.2) is 11.5 Å². The number of hydrazone groups is 1. The Balaban J connectivity index is 2.42. The number of aliphatic imine (C=N–C) groups is 1. The second-order valence-electron chi connectivity index (χ2n) is 3.84. The number of hydrogen-bond donors (Lipinski definition) is 1. The quantitative estimate of drug-likeness (QED) is 0.652. The molecule has 0 saturated carbocycles. The third-order valence-electron chi connectivity index (χ3n) is 2.82. The fourth-order valence-electron chi connectivity index (χ4n) is 1.94. The molecule has 0 saturated heterocycles. The van der Waals surface area contributed by atoms with Crippen LogP contribution >= 0.6 is 0 Å². The summed E-state index contributed by atoms with van der Waals surface area (Å²) in [6.45, 7) is 2.61. The van der Waals surface area contributed by atoms with E-state index < -0.39 is 0 Å². The number of benzene rings is 1. The first-order chi connectivity index (χ1) is 8.80. The first-order valence-corrected chi connectivity index (χ1v) is 5.83. The van der Waals surface area contributed by atoms with Gasteiger partial charge < -0.3 is 9.47 Å². The fourth-order valence-corrected chi connectivity index (χ4v) is 1.94. The lowest BCUT2D eigenvalue weighted by molar-refractivity contribution is 0.354. The van der Waals surface area contributed by atoms with E-state index in [4.69, 9.17) is 9.47 Å². The van der Waals surface area contributed by atoms with Crippen LogP contribution in [-0.2, 0) is 6.42 Å². The van der Waals surface area contributed by atoms with Crippen LogP contribution in [0.4, 0.5) is 0 Å². The van der Waals surface area contributed by atoms with Crippen molar-refractivity contribution >= 4 is 12.1 Å². The lowest BCUT2D eigenvalue weighted by atomic mass is 10.00. The van der Waals surface area contributed by atoms with E-state index in [9.17, 15) is 0 Å². The molecule has 1 N–H and O–H groups in total. The topological polar surface area (TPSA) is 55.2 Å². The van der Waals surface area contributed by atoms with Crippen LogP contribution in [0, 0.1) is 0 Å². The highest BCUT2D eigenvalue weighted by atomic mass is 16.5. The van der Waals surface area contributed by atoms with E-state index >= 15 is 0 Å². The molecule has 96 valence electrons. The van der Waals surface area contributed by atoms with E-state index in [2.05, 4.69) is 15.5 Å². The summed E-state index contributed by atoms with van der Waals surface area (Å²) in [5.41, 5.74) is 5.15. The molecule has 0 amide bonds. The highest BCUT2D eigenvalue weighted by Gasteiger charge is 2.18. The Kier molecular flexibility index (Phi) is 3.82. The minimum absolute atomic E-state index is 0.702. The van der Waals surface area contributed by atoms with Gasteiger partial charge >= 0.3 is 0 Å². The first-order valence-electron chi connectivity index (χ1n) is 5.83. The van der Waals surface area contributed by atoms with Crippen molar-refractivity contribution in [3.8, 4) is 11.5 Å². The molecule has 0 atom stereocenters. The van der Waals surface area contributed by atoms with Gasteiger partial charge in [0.1, 0.15) is 5.84 Å². The molecule has 2 rings (SSSR count). The molecule has 18 heavy (non-hydrogen) atoms. The lowest BCUT2D eigenvalue weighted by Gasteiger charge is -2.19. The standard InChI is InChI=1S/C13H17N3O2/c1-4-15-16-13-10-8-12(18-3)11(17-2)7-9(10)5-6-14-13/h4,7-8H,5-6H2,1-3H3,(H,14,16). The zero-order valence-corrected chi connectivity index (χ0v) is 10.9. The summed E-state index contributed by atoms with van der Waals surface area (Å²) in [5, 5.41) is 4.01. The number of fused-ring (bicyclic) bond motifs is 1. The molecule has 1 aliphatic rings. The van der Waals surface area contributed by atoms with Crippen LogP contribution in [0.25, 0.3) is 0 Å². The van der Waals surface area contributed by atoms with Crippen molar-refractivity contribution in [2.24, 2.45) is 10.1 Å². The minimum Gasteiger partial charge on any atom is -0.493 e. The average molecular weight is 247 g/mol. The number of nitrogens with one attached hydrogen (secondary N) is 1. The Morgan fingerprint density at radius 3 is 2.67 bits per heavy atom. The van der Waals surface area contributed by atoms with E-state index in [1.807, 2.05) is 19.1 Å². The highest BCUT2D eigenvalue weighted by molar-refractivity contribution is 6.01. The summed E-state index contributed by atoms with van der Waals surface area (Å²) in [6, 6.07) is 3.94. The van der Waals surface area contributed by atoms with Gasteiger partial charge in [-0.05, 0) is 31.0 Å². The first kappa shape index (κ1) is 12.4. The van der Waals surface area contributed by atoms with Crippen molar-refractivity contribution in [2.75, 3.05) is 20.8 Å². The molecule has 5 heteroatoms. The summed E-state index contributed by atoms with van der Waals surface area (Å²) in [4.78, 5) is 4.43. The van der Waals surface area contributed by atoms with Crippen LogP contribution in [0.2, 0.25) is 0 Å². The van der Waals surface area contributed by atoms with Crippen molar-refractivity contribution < 1.29 is 9.47 Å². The Hall–Kier alpha value is -2.04. The van der Waals surface area contributed by atoms with Gasteiger partial charge in [0.2, 0.25) is 0 Å². The maximum atomic E-state index is 5.31. The van der Waals surface area contributed by atoms with Crippen LogP contribution < -0.4 is 14.9 Å². The third kappa shape index (κ3) is 2.30. The number of ether oxygens (including phenoxy) is 2. The molecular weight excluding hydrogens is 230 g/mol. The summed E-state index contributed by atoms with van der Waals surface area (Å²) < 4.78 is 10.6. The van der Waals surface area contributed by atoms with Crippen molar-refractivity contribution in [1.82, 2.24) is 5.43 Å². The predicted molar refractivity (Wildman–Crippen MR) is 72.0 cm³/mol. The number of methoxy groups -OCH3 is 2. The molecule has 0 aromatic heterocycles. The SMILES string of the molecule is CC=NNC1=NCCc2cc(OC)c(OC)cc21. The normalized spacial score (nSPS) is 14.1. The molecule has 1 aromatic carbocycles. The van der Waals surface area contributed by atoms with Gasteiger partial charge in [0, 0.05) is 18.3 Å². The van der Waals surface area contributed by atoms with E-state index in [-0.39, 0.29) is 0 Å². The summed E-state index contributed by atoms with van der Waals surface area (Å²) in [5.74, 6) is 2.22. The molecule has 0 aliphatic carbocycles. The summed E-state index contributed by atoms with van der Waals surface area (Å²) >= 11 is 0. The third-order valence-corrected chi connectivity index (χ3v) is 2.82. The minimum atomic E-state index is 0.702. The molecule has 1 heterocycles. The molecule has 5 nitrogen and oxygen atoms in total. The second kappa shape index (κ2) is 5.53. The molecule has 0 radical (unpaired) electrons. The van der Waals surface area contributed by atoms with Gasteiger partial charge in [0.25, 0.3) is 0 Å². The van der Waals surface area contributed by atoms with Gasteiger partial charge in [0.05, 0.1) is 14.2 Å². The maximum Gasteiger partial charge on any atom is 0.161 e. The van der Waals surface area contributed by atoms with E-state index in [0.717, 1.165) is 30.1 Å². The van der Waals surface area contributed by atoms with Crippen LogP contribution in [0.1, 0.15) is 18.1 Å². The Morgan fingerprint density at radius 1 is 1.28 bits per heavy atom. The zero-order valence-electron chi connectivity index (χ0n) is 10.9. The number of rotatable bonds is 3. The van der Waals surface area contributed by atoms with Crippen LogP contribution in [0.15, 0.2) is 22.2 Å². The van der Waals surface area contributed by atoms with Crippen LogP contribution in [-0.4, -0.2) is 32.8 Å². The molecule has 1 aromatic rings. The molecular formula is C13H17N3O2. The molecule has 0 spiro atoms. The van der Waals surface area contributed by atoms with Gasteiger partial charge in [-0.1, -0.05) is 0 Å². The summed E-state index contributed by atoms with van der Waals surface area (Å²) in [6.07, 6.45) is 2.59. The highest BCUT2D eigenvalue weighted by Crippen LogP contribution is 2.32. The molecule has 0 fully saturated rings. The summed E-state index contributed by atoms with van der Waals surface area (Å²) in [7, 11) is 3.27. The largest absolute Gasteiger partial charge is 0.493 e. The second-order valence-corrected chi connectivity index (χ2v) is 3.84. The smallest absolute Gasteiger partial charge is 0.161 e. The maximum absolute atomic E-state index is 5.31. The van der Waals surface area contributed by atoms with Crippen molar-refractivity contribution in [2.45, 2.75) is 13.3 Å². The van der Waals surface area contributed by atoms with Crippen molar-refractivity contribution in [3.05, 3.63) is 23.3 Å². The van der Waals surface area contributed by atoms with Crippen molar-refractivity contribution in [3.63, 3.8) is 0 Å². The Morgan fingerprint density at radius 2 is 2.00 bits per heavy atom. The van der Waals surface area contributed by atoms with Gasteiger partial charge in [-0.25, -0.2) is 0 Å². The van der Waals surface area contributed by atoms with E-state index in [1.165, 1.54) is 5.56 Å². The predicted octanol–water partition coefficient (Wildman–Crippen LogP) is 1.60. The van der Waals surface area contributed by atoms with Crippen LogP contribution in [0.5, 0.6) is 11.5 Å². The van der Waals surface area contributed by atoms with E-state index in [0.29, 0.717) is 5.75 Å². The average Bonchev–Trinajstić information content (AvgIpc) is 2.43. The monoisotopic (exact) mass is 247 g/mol. The van der Waals surface area contributed by atoms with Crippen LogP contribution in [0.3, 0.4) is 0 Å². The van der Waals surface area contributed by atoms with Gasteiger partial charge in [-0.15, -0.1) is 0 Å². The Bertz CT molecular complexity index is 495. The molecule has 0 bridgehead atoms. The fraction of sp³-hybridized carbons (Fsp3) is 0.385. The zero-order chi connectivity index (χ0) is 13.0. The molecule has 0 unspecified atom stereocenters. The number of nitrogens with zero attached hydrogens (tertiary/aromatic N) is 2. The van der Waals surface area contributed by atoms with E-state index in [1.54, 1.807) is 20.4 Å². The molecule has 1 aliphatic heterocycles.